The lowest BCUT2D eigenvalue weighted by Crippen LogP contribution is -2.25. The molecule has 0 spiro atoms. The number of carbonyl (C=O) groups is 3. The van der Waals surface area contributed by atoms with Gasteiger partial charge in [-0.3, -0.25) is 14.4 Å². The number of Topliss-reactive ketones (excluding diaryl/α,β-unsaturated/α-hetero) is 1. The number of anilines is 4. The number of rotatable bonds is 6. The maximum absolute atomic E-state index is 13.6. The van der Waals surface area contributed by atoms with Gasteiger partial charge in [0.2, 0.25) is 11.8 Å². The van der Waals surface area contributed by atoms with Gasteiger partial charge in [0.1, 0.15) is 0 Å². The van der Waals surface area contributed by atoms with E-state index in [1.54, 1.807) is 0 Å². The van der Waals surface area contributed by atoms with E-state index < -0.39 is 0 Å². The molecule has 44 heavy (non-hydrogen) atoms. The molecule has 0 aromatic heterocycles. The Balaban J connectivity index is 1.41. The van der Waals surface area contributed by atoms with Crippen LogP contribution in [0.4, 0.5) is 22.7 Å². The average Bonchev–Trinajstić information content (AvgIpc) is 3.49. The molecule has 5 rings (SSSR count). The highest BCUT2D eigenvalue weighted by Crippen LogP contribution is 2.50. The molecule has 2 aliphatic heterocycles. The fourth-order valence-electron chi connectivity index (χ4n) is 6.97. The summed E-state index contributed by atoms with van der Waals surface area (Å²) in [6, 6.07) is 12.1. The topological polar surface area (TPSA) is 81.8 Å². The van der Waals surface area contributed by atoms with E-state index in [4.69, 9.17) is 0 Å². The molecule has 0 radical (unpaired) electrons. The first kappa shape index (κ1) is 31.0. The van der Waals surface area contributed by atoms with Crippen molar-refractivity contribution in [3.8, 4) is 0 Å². The van der Waals surface area contributed by atoms with Crippen molar-refractivity contribution >= 4 is 40.3 Å². The molecule has 3 aliphatic rings. The van der Waals surface area contributed by atoms with E-state index in [1.165, 1.54) is 13.8 Å². The minimum absolute atomic E-state index is 0.0904. The van der Waals surface area contributed by atoms with Crippen LogP contribution in [0.1, 0.15) is 79.4 Å². The third kappa shape index (κ3) is 5.40. The maximum atomic E-state index is 13.6. The standard InChI is InChI=1S/C37H44N4O3/c1-9-40-31-17-15-27(38-23(3)42)21-29(31)36(5,6)33(40)19-13-25-11-12-26(35(25)44)14-20-34-37(7,8)30-22-28(39-24(4)43)16-18-32(30)41(34)10-2/h13-22H,9-12H2,1-8H3,(H,38,42)(H,39,43)/b25-13+,26-14+,33-19+,34-20+. The Bertz CT molecular complexity index is 1550. The molecule has 7 heteroatoms. The molecule has 0 bridgehead atoms. The molecule has 2 heterocycles. The van der Waals surface area contributed by atoms with Gasteiger partial charge in [0, 0.05) is 83.1 Å². The van der Waals surface area contributed by atoms with Crippen LogP contribution >= 0.6 is 0 Å². The normalized spacial score (nSPS) is 21.9. The number of fused-ring (bicyclic) bond motifs is 2. The van der Waals surface area contributed by atoms with Crippen molar-refractivity contribution in [1.82, 2.24) is 0 Å². The summed E-state index contributed by atoms with van der Waals surface area (Å²) < 4.78 is 0. The van der Waals surface area contributed by atoms with Crippen LogP contribution in [0.25, 0.3) is 0 Å². The van der Waals surface area contributed by atoms with Gasteiger partial charge in [0.05, 0.1) is 0 Å². The van der Waals surface area contributed by atoms with Crippen molar-refractivity contribution in [1.29, 1.82) is 0 Å². The molecule has 2 aromatic carbocycles. The van der Waals surface area contributed by atoms with Crippen molar-refractivity contribution in [3.05, 3.63) is 94.4 Å². The number of allylic oxidation sites excluding steroid dienone is 8. The highest BCUT2D eigenvalue weighted by molar-refractivity contribution is 6.11. The zero-order valence-corrected chi connectivity index (χ0v) is 27.2. The van der Waals surface area contributed by atoms with E-state index in [2.05, 4.69) is 98.4 Å². The SMILES string of the molecule is CCN1/C(=C/C=C2\CC/C(=C\C=C3\N(CC)c4ccc(NC(C)=O)cc4C3(C)C)C2=O)C(C)(C)c2cc(NC(C)=O)ccc21. The highest BCUT2D eigenvalue weighted by atomic mass is 16.2. The van der Waals surface area contributed by atoms with E-state index in [0.717, 1.165) is 69.5 Å². The predicted octanol–water partition coefficient (Wildman–Crippen LogP) is 7.52. The molecule has 2 N–H and O–H groups in total. The van der Waals surface area contributed by atoms with Gasteiger partial charge in [0.15, 0.2) is 5.78 Å². The van der Waals surface area contributed by atoms with Crippen LogP contribution in [0.2, 0.25) is 0 Å². The molecule has 7 nitrogen and oxygen atoms in total. The third-order valence-corrected chi connectivity index (χ3v) is 9.19. The number of amides is 2. The number of nitrogens with zero attached hydrogens (tertiary/aromatic N) is 2. The largest absolute Gasteiger partial charge is 0.344 e. The maximum Gasteiger partial charge on any atom is 0.221 e. The van der Waals surface area contributed by atoms with Crippen molar-refractivity contribution in [2.45, 2.75) is 79.1 Å². The summed E-state index contributed by atoms with van der Waals surface area (Å²) in [4.78, 5) is 41.5. The average molecular weight is 593 g/mol. The summed E-state index contributed by atoms with van der Waals surface area (Å²) in [6.07, 6.45) is 9.66. The van der Waals surface area contributed by atoms with Gasteiger partial charge in [-0.05, 0) is 86.4 Å². The lowest BCUT2D eigenvalue weighted by atomic mass is 9.83. The Morgan fingerprint density at radius 2 is 1.09 bits per heavy atom. The molecule has 230 valence electrons. The first-order valence-electron chi connectivity index (χ1n) is 15.6. The monoisotopic (exact) mass is 592 g/mol. The second-order valence-corrected chi connectivity index (χ2v) is 12.9. The van der Waals surface area contributed by atoms with Crippen LogP contribution in [0.15, 0.2) is 83.2 Å². The number of likely N-dealkylation sites (N-methyl/N-ethyl adjacent to an activating group) is 2. The molecule has 0 atom stereocenters. The molecule has 1 saturated carbocycles. The minimum Gasteiger partial charge on any atom is -0.344 e. The summed E-state index contributed by atoms with van der Waals surface area (Å²) in [5.74, 6) is -0.0768. The molecule has 2 amide bonds. The molecule has 0 saturated heterocycles. The Kier molecular flexibility index (Phi) is 8.19. The second kappa shape index (κ2) is 11.6. The summed E-state index contributed by atoms with van der Waals surface area (Å²) in [5.41, 5.74) is 9.51. The molecular weight excluding hydrogens is 548 g/mol. The van der Waals surface area contributed by atoms with Crippen molar-refractivity contribution in [2.24, 2.45) is 0 Å². The quantitative estimate of drug-likeness (QED) is 0.339. The number of benzene rings is 2. The van der Waals surface area contributed by atoms with Gasteiger partial charge < -0.3 is 20.4 Å². The van der Waals surface area contributed by atoms with E-state index >= 15 is 0 Å². The van der Waals surface area contributed by atoms with E-state index in [9.17, 15) is 14.4 Å². The number of hydrogen-bond donors (Lipinski definition) is 2. The molecular formula is C37H44N4O3. The van der Waals surface area contributed by atoms with Crippen LogP contribution in [-0.4, -0.2) is 30.7 Å². The fraction of sp³-hybridized carbons (Fsp3) is 0.378. The smallest absolute Gasteiger partial charge is 0.221 e. The van der Waals surface area contributed by atoms with Gasteiger partial charge in [-0.2, -0.15) is 0 Å². The van der Waals surface area contributed by atoms with Crippen molar-refractivity contribution in [2.75, 3.05) is 33.5 Å². The van der Waals surface area contributed by atoms with E-state index in [1.807, 2.05) is 24.3 Å². The number of nitrogens with one attached hydrogen (secondary N) is 2. The third-order valence-electron chi connectivity index (χ3n) is 9.19. The Hall–Kier alpha value is -4.39. The number of carbonyl (C=O) groups excluding carboxylic acids is 3. The summed E-state index contributed by atoms with van der Waals surface area (Å²) in [5, 5.41) is 5.81. The Morgan fingerprint density at radius 3 is 1.43 bits per heavy atom. The first-order valence-corrected chi connectivity index (χ1v) is 15.6. The zero-order valence-electron chi connectivity index (χ0n) is 27.2. The van der Waals surface area contributed by atoms with Gasteiger partial charge in [-0.25, -0.2) is 0 Å². The molecule has 1 aliphatic carbocycles. The van der Waals surface area contributed by atoms with Crippen LogP contribution in [-0.2, 0) is 25.2 Å². The van der Waals surface area contributed by atoms with Crippen LogP contribution in [0.5, 0.6) is 0 Å². The van der Waals surface area contributed by atoms with Crippen LogP contribution in [0.3, 0.4) is 0 Å². The minimum atomic E-state index is -0.284. The number of hydrogen-bond acceptors (Lipinski definition) is 5. The predicted molar refractivity (Wildman–Crippen MR) is 180 cm³/mol. The van der Waals surface area contributed by atoms with Gasteiger partial charge in [-0.1, -0.05) is 39.8 Å². The van der Waals surface area contributed by atoms with E-state index in [-0.39, 0.29) is 28.4 Å². The highest BCUT2D eigenvalue weighted by Gasteiger charge is 2.41. The lowest BCUT2D eigenvalue weighted by molar-refractivity contribution is -0.115. The van der Waals surface area contributed by atoms with E-state index in [0.29, 0.717) is 12.8 Å². The Morgan fingerprint density at radius 1 is 0.705 bits per heavy atom. The fourth-order valence-corrected chi connectivity index (χ4v) is 6.97. The Labute approximate surface area is 261 Å². The second-order valence-electron chi connectivity index (χ2n) is 12.9. The lowest BCUT2D eigenvalue weighted by Gasteiger charge is -2.26. The van der Waals surface area contributed by atoms with Gasteiger partial charge in [0.25, 0.3) is 0 Å². The van der Waals surface area contributed by atoms with Crippen molar-refractivity contribution < 1.29 is 14.4 Å². The molecule has 2 aromatic rings. The van der Waals surface area contributed by atoms with Crippen LogP contribution < -0.4 is 20.4 Å². The van der Waals surface area contributed by atoms with Gasteiger partial charge >= 0.3 is 0 Å². The van der Waals surface area contributed by atoms with Gasteiger partial charge in [-0.15, -0.1) is 0 Å². The number of ketones is 1. The molecule has 0 unspecified atom stereocenters. The summed E-state index contributed by atoms with van der Waals surface area (Å²) in [7, 11) is 0. The first-order chi connectivity index (χ1) is 20.8. The zero-order chi connectivity index (χ0) is 32.0. The van der Waals surface area contributed by atoms with Crippen molar-refractivity contribution in [3.63, 3.8) is 0 Å². The van der Waals surface area contributed by atoms with Crippen LogP contribution in [0, 0.1) is 0 Å². The molecule has 1 fully saturated rings. The summed E-state index contributed by atoms with van der Waals surface area (Å²) in [6.45, 7) is 17.7. The summed E-state index contributed by atoms with van der Waals surface area (Å²) >= 11 is 0.